The van der Waals surface area contributed by atoms with E-state index >= 15 is 0 Å². The topological polar surface area (TPSA) is 167 Å². The number of amides is 2. The summed E-state index contributed by atoms with van der Waals surface area (Å²) in [6.45, 7) is 1.73. The third-order valence-corrected chi connectivity index (χ3v) is 10.7. The fourth-order valence-electron chi connectivity index (χ4n) is 6.09. The summed E-state index contributed by atoms with van der Waals surface area (Å²) in [5, 5.41) is 6.47. The van der Waals surface area contributed by atoms with Crippen molar-refractivity contribution in [3.8, 4) is 16.9 Å². The van der Waals surface area contributed by atoms with Gasteiger partial charge < -0.3 is 25.8 Å². The van der Waals surface area contributed by atoms with E-state index in [1.807, 2.05) is 42.5 Å². The molecule has 5 aromatic carbocycles. The van der Waals surface area contributed by atoms with E-state index in [1.54, 1.807) is 43.3 Å². The molecule has 0 bridgehead atoms. The number of aromatic nitrogens is 1. The maximum Gasteiger partial charge on any atom is 0.305 e. The minimum absolute atomic E-state index is 0.0515. The molecule has 4 N–H and O–H groups in total. The average molecular weight is 743 g/mol. The molecule has 6 rings (SSSR count). The van der Waals surface area contributed by atoms with E-state index < -0.39 is 21.7 Å². The Kier molecular flexibility index (Phi) is 11.0. The van der Waals surface area contributed by atoms with Crippen molar-refractivity contribution < 1.29 is 32.3 Å². The molecule has 0 aliphatic rings. The van der Waals surface area contributed by atoms with Gasteiger partial charge in [0.2, 0.25) is 9.84 Å². The molecule has 274 valence electrons. The molecule has 0 fully saturated rings. The van der Waals surface area contributed by atoms with Gasteiger partial charge in [0.15, 0.2) is 0 Å². The SMILES string of the molecule is COC(=O)CCCc1ccc(-c2cccc(NC(=O)c3cccc(S(=O)(=O)c4cc(C)c5ncc(C(N)=O)c(Nc6cccc(OC)c6)c5c4)c3)c2)cc1. The van der Waals surface area contributed by atoms with Crippen LogP contribution in [0.3, 0.4) is 0 Å². The van der Waals surface area contributed by atoms with Crippen molar-refractivity contribution in [2.75, 3.05) is 24.9 Å². The van der Waals surface area contributed by atoms with Gasteiger partial charge in [-0.25, -0.2) is 8.42 Å². The van der Waals surface area contributed by atoms with E-state index in [0.717, 1.165) is 23.1 Å². The summed E-state index contributed by atoms with van der Waals surface area (Å²) >= 11 is 0. The van der Waals surface area contributed by atoms with Gasteiger partial charge in [-0.05, 0) is 96.6 Å². The number of benzene rings is 5. The van der Waals surface area contributed by atoms with Gasteiger partial charge in [-0.3, -0.25) is 19.4 Å². The summed E-state index contributed by atoms with van der Waals surface area (Å²) in [7, 11) is -1.25. The number of nitrogens with two attached hydrogens (primary N) is 1. The molecule has 0 spiro atoms. The minimum atomic E-state index is -4.17. The van der Waals surface area contributed by atoms with E-state index in [2.05, 4.69) is 15.6 Å². The van der Waals surface area contributed by atoms with Gasteiger partial charge in [0.05, 0.1) is 40.8 Å². The molecule has 0 unspecified atom stereocenters. The number of nitrogens with zero attached hydrogens (tertiary/aromatic N) is 1. The van der Waals surface area contributed by atoms with Crippen LogP contribution in [-0.2, 0) is 25.8 Å². The first-order valence-corrected chi connectivity index (χ1v) is 18.5. The van der Waals surface area contributed by atoms with Crippen molar-refractivity contribution in [1.82, 2.24) is 4.98 Å². The zero-order valence-electron chi connectivity index (χ0n) is 29.9. The van der Waals surface area contributed by atoms with E-state index in [-0.39, 0.29) is 26.9 Å². The molecule has 0 aliphatic carbocycles. The molecule has 12 heteroatoms. The zero-order chi connectivity index (χ0) is 38.4. The first kappa shape index (κ1) is 37.2. The van der Waals surface area contributed by atoms with Crippen LogP contribution >= 0.6 is 0 Å². The number of carbonyl (C=O) groups is 3. The number of nitrogens with one attached hydrogen (secondary N) is 2. The lowest BCUT2D eigenvalue weighted by Gasteiger charge is -2.16. The highest BCUT2D eigenvalue weighted by Gasteiger charge is 2.23. The summed E-state index contributed by atoms with van der Waals surface area (Å²) in [6, 6.07) is 31.2. The molecule has 11 nitrogen and oxygen atoms in total. The molecule has 0 saturated carbocycles. The Labute approximate surface area is 313 Å². The Hall–Kier alpha value is -6.53. The number of hydrogen-bond acceptors (Lipinski definition) is 9. The number of sulfone groups is 1. The van der Waals surface area contributed by atoms with Crippen molar-refractivity contribution in [2.45, 2.75) is 36.0 Å². The second-order valence-electron chi connectivity index (χ2n) is 12.6. The number of methoxy groups -OCH3 is 2. The van der Waals surface area contributed by atoms with Crippen LogP contribution in [0.1, 0.15) is 44.7 Å². The summed E-state index contributed by atoms with van der Waals surface area (Å²) < 4.78 is 38.4. The van der Waals surface area contributed by atoms with Crippen LogP contribution in [0, 0.1) is 6.92 Å². The van der Waals surface area contributed by atoms with E-state index in [1.165, 1.54) is 50.7 Å². The predicted octanol–water partition coefficient (Wildman–Crippen LogP) is 7.64. The standard InChI is InChI=1S/C42H38N4O7S/c1-26-20-35(24-36-39(26)44-25-37(41(43)48)40(36)45-32-12-7-13-33(23-32)52-2)54(50,51)34-14-6-10-30(22-34)42(49)46-31-11-5-9-29(21-31)28-18-16-27(17-19-28)8-4-15-38(47)53-3/h5-7,9-14,16-25H,4,8,15H2,1-3H3,(H2,43,48)(H,44,45)(H,46,49). The predicted molar refractivity (Wildman–Crippen MR) is 208 cm³/mol. The fraction of sp³-hybridized carbons (Fsp3) is 0.143. The number of fused-ring (bicyclic) bond motifs is 1. The van der Waals surface area contributed by atoms with Gasteiger partial charge in [0.1, 0.15) is 5.75 Å². The maximum atomic E-state index is 14.2. The normalized spacial score (nSPS) is 11.2. The summed E-state index contributed by atoms with van der Waals surface area (Å²) in [5.41, 5.74) is 11.3. The Morgan fingerprint density at radius 3 is 2.28 bits per heavy atom. The first-order chi connectivity index (χ1) is 26.0. The van der Waals surface area contributed by atoms with Gasteiger partial charge in [0, 0.05) is 41.0 Å². The van der Waals surface area contributed by atoms with Crippen LogP contribution < -0.4 is 21.1 Å². The largest absolute Gasteiger partial charge is 0.497 e. The number of carbonyl (C=O) groups excluding carboxylic acids is 3. The van der Waals surface area contributed by atoms with Crippen LogP contribution in [0.15, 0.2) is 125 Å². The van der Waals surface area contributed by atoms with Crippen molar-refractivity contribution in [3.63, 3.8) is 0 Å². The van der Waals surface area contributed by atoms with E-state index in [4.69, 9.17) is 15.2 Å². The highest BCUT2D eigenvalue weighted by atomic mass is 32.2. The number of rotatable bonds is 13. The van der Waals surface area contributed by atoms with E-state index in [0.29, 0.717) is 52.1 Å². The number of aryl methyl sites for hydroxylation is 2. The average Bonchev–Trinajstić information content (AvgIpc) is 3.18. The van der Waals surface area contributed by atoms with Gasteiger partial charge in [-0.2, -0.15) is 0 Å². The number of pyridine rings is 1. The Balaban J connectivity index is 1.25. The Morgan fingerprint density at radius 2 is 1.54 bits per heavy atom. The number of hydrogen-bond donors (Lipinski definition) is 3. The smallest absolute Gasteiger partial charge is 0.305 e. The second-order valence-corrected chi connectivity index (χ2v) is 14.5. The minimum Gasteiger partial charge on any atom is -0.497 e. The third-order valence-electron chi connectivity index (χ3n) is 8.94. The molecule has 0 aliphatic heterocycles. The van der Waals surface area contributed by atoms with Crippen LogP contribution in [0.4, 0.5) is 17.1 Å². The van der Waals surface area contributed by atoms with Crippen LogP contribution in [-0.4, -0.2) is 45.4 Å². The first-order valence-electron chi connectivity index (χ1n) is 17.0. The van der Waals surface area contributed by atoms with Crippen molar-refractivity contribution in [1.29, 1.82) is 0 Å². The van der Waals surface area contributed by atoms with Gasteiger partial charge in [0.25, 0.3) is 11.8 Å². The van der Waals surface area contributed by atoms with E-state index in [9.17, 15) is 22.8 Å². The summed E-state index contributed by atoms with van der Waals surface area (Å²) in [6.07, 6.45) is 3.16. The van der Waals surface area contributed by atoms with Gasteiger partial charge in [-0.1, -0.05) is 48.5 Å². The lowest BCUT2D eigenvalue weighted by molar-refractivity contribution is -0.140. The number of anilines is 3. The molecule has 0 atom stereocenters. The molecule has 1 heterocycles. The lowest BCUT2D eigenvalue weighted by atomic mass is 10.0. The van der Waals surface area contributed by atoms with Crippen LogP contribution in [0.2, 0.25) is 0 Å². The summed E-state index contributed by atoms with van der Waals surface area (Å²) in [5.74, 6) is -0.885. The highest BCUT2D eigenvalue weighted by Crippen LogP contribution is 2.35. The molecular weight excluding hydrogens is 705 g/mol. The molecule has 1 aromatic heterocycles. The van der Waals surface area contributed by atoms with Crippen LogP contribution in [0.25, 0.3) is 22.0 Å². The quantitative estimate of drug-likeness (QED) is 0.101. The van der Waals surface area contributed by atoms with Crippen LogP contribution in [0.5, 0.6) is 5.75 Å². The number of ether oxygens (including phenoxy) is 2. The molecular formula is C42H38N4O7S. The maximum absolute atomic E-state index is 14.2. The molecule has 0 saturated heterocycles. The monoisotopic (exact) mass is 742 g/mol. The Morgan fingerprint density at radius 1 is 0.796 bits per heavy atom. The molecule has 6 aromatic rings. The van der Waals surface area contributed by atoms with Crippen molar-refractivity contribution in [2.24, 2.45) is 5.73 Å². The number of primary amides is 1. The van der Waals surface area contributed by atoms with Gasteiger partial charge >= 0.3 is 5.97 Å². The third kappa shape index (κ3) is 8.24. The molecule has 0 radical (unpaired) electrons. The fourth-order valence-corrected chi connectivity index (χ4v) is 7.51. The molecule has 2 amide bonds. The zero-order valence-corrected chi connectivity index (χ0v) is 30.7. The van der Waals surface area contributed by atoms with Gasteiger partial charge in [-0.15, -0.1) is 0 Å². The highest BCUT2D eigenvalue weighted by molar-refractivity contribution is 7.91. The Bertz CT molecular complexity index is 2500. The van der Waals surface area contributed by atoms with Crippen molar-refractivity contribution in [3.05, 3.63) is 138 Å². The van der Waals surface area contributed by atoms with Crippen molar-refractivity contribution >= 4 is 55.6 Å². The summed E-state index contributed by atoms with van der Waals surface area (Å²) in [4.78, 5) is 41.7. The molecule has 54 heavy (non-hydrogen) atoms. The number of esters is 1. The lowest BCUT2D eigenvalue weighted by Crippen LogP contribution is -2.15. The second kappa shape index (κ2) is 16.0.